The van der Waals surface area contributed by atoms with E-state index < -0.39 is 5.54 Å². The molecule has 27 heavy (non-hydrogen) atoms. The fourth-order valence-electron chi connectivity index (χ4n) is 3.47. The molecule has 3 aromatic heterocycles. The van der Waals surface area contributed by atoms with Crippen molar-refractivity contribution in [3.05, 3.63) is 53.6 Å². The molecule has 0 aliphatic carbocycles. The van der Waals surface area contributed by atoms with Crippen LogP contribution in [0.1, 0.15) is 18.4 Å². The number of H-pyrrole nitrogens is 1. The van der Waals surface area contributed by atoms with Gasteiger partial charge in [0.05, 0.1) is 5.54 Å². The Hall–Kier alpha value is -2.64. The zero-order chi connectivity index (χ0) is 18.9. The van der Waals surface area contributed by atoms with E-state index in [-0.39, 0.29) is 5.91 Å². The van der Waals surface area contributed by atoms with Crippen LogP contribution in [0.25, 0.3) is 11.0 Å². The molecule has 4 heterocycles. The van der Waals surface area contributed by atoms with Crippen molar-refractivity contribution >= 4 is 34.2 Å². The number of piperidine rings is 1. The molecule has 1 amide bonds. The smallest absolute Gasteiger partial charge is 0.240 e. The van der Waals surface area contributed by atoms with Crippen LogP contribution in [-0.2, 0) is 11.3 Å². The molecular weight excluding hydrogens is 364 g/mol. The van der Waals surface area contributed by atoms with Gasteiger partial charge in [0.15, 0.2) is 0 Å². The average Bonchev–Trinajstić information content (AvgIpc) is 3.17. The van der Waals surface area contributed by atoms with Crippen LogP contribution in [0.3, 0.4) is 0 Å². The van der Waals surface area contributed by atoms with Crippen molar-refractivity contribution in [1.29, 1.82) is 0 Å². The van der Waals surface area contributed by atoms with E-state index in [1.165, 1.54) is 0 Å². The van der Waals surface area contributed by atoms with Crippen LogP contribution >= 0.6 is 11.6 Å². The molecule has 140 valence electrons. The molecule has 7 nitrogen and oxygen atoms in total. The Labute approximate surface area is 161 Å². The first-order chi connectivity index (χ1) is 13.0. The number of hydrogen-bond acceptors (Lipinski definition) is 5. The third-order valence-corrected chi connectivity index (χ3v) is 5.35. The maximum atomic E-state index is 12.7. The number of rotatable bonds is 4. The lowest BCUT2D eigenvalue weighted by atomic mass is 9.87. The second-order valence-electron chi connectivity index (χ2n) is 6.89. The van der Waals surface area contributed by atoms with Crippen molar-refractivity contribution in [3.63, 3.8) is 0 Å². The van der Waals surface area contributed by atoms with Crippen molar-refractivity contribution in [3.8, 4) is 0 Å². The number of nitrogens with one attached hydrogen (secondary N) is 2. The second-order valence-corrected chi connectivity index (χ2v) is 7.27. The van der Waals surface area contributed by atoms with Crippen molar-refractivity contribution in [2.45, 2.75) is 24.9 Å². The van der Waals surface area contributed by atoms with Gasteiger partial charge < -0.3 is 20.9 Å². The summed E-state index contributed by atoms with van der Waals surface area (Å²) in [6.07, 6.45) is 6.51. The maximum Gasteiger partial charge on any atom is 0.240 e. The van der Waals surface area contributed by atoms with Crippen molar-refractivity contribution < 1.29 is 4.79 Å². The third-order valence-electron chi connectivity index (χ3n) is 5.13. The SMILES string of the molecule is NC1(C(=O)NCc2ccc(Cl)nc2)CCN(c2ccnc3[nH]ccc23)CC1. The van der Waals surface area contributed by atoms with Gasteiger partial charge >= 0.3 is 0 Å². The highest BCUT2D eigenvalue weighted by Crippen LogP contribution is 2.29. The van der Waals surface area contributed by atoms with Crippen LogP contribution in [0, 0.1) is 0 Å². The molecule has 8 heteroatoms. The molecule has 0 bridgehead atoms. The predicted molar refractivity (Wildman–Crippen MR) is 106 cm³/mol. The summed E-state index contributed by atoms with van der Waals surface area (Å²) in [5, 5.41) is 4.44. The number of nitrogens with zero attached hydrogens (tertiary/aromatic N) is 3. The molecule has 0 unspecified atom stereocenters. The van der Waals surface area contributed by atoms with E-state index >= 15 is 0 Å². The van der Waals surface area contributed by atoms with E-state index in [2.05, 4.69) is 25.2 Å². The van der Waals surface area contributed by atoms with Gasteiger partial charge in [0.2, 0.25) is 5.91 Å². The summed E-state index contributed by atoms with van der Waals surface area (Å²) in [5.41, 5.74) is 8.45. The van der Waals surface area contributed by atoms with Gasteiger partial charge in [0.1, 0.15) is 10.8 Å². The van der Waals surface area contributed by atoms with Gasteiger partial charge in [-0.05, 0) is 36.6 Å². The van der Waals surface area contributed by atoms with Gasteiger partial charge in [0.25, 0.3) is 0 Å². The highest BCUT2D eigenvalue weighted by molar-refractivity contribution is 6.29. The second kappa shape index (κ2) is 7.17. The monoisotopic (exact) mass is 384 g/mol. The Balaban J connectivity index is 1.39. The Kier molecular flexibility index (Phi) is 4.72. The average molecular weight is 385 g/mol. The van der Waals surface area contributed by atoms with Crippen LogP contribution < -0.4 is 16.0 Å². The number of aromatic amines is 1. The van der Waals surface area contributed by atoms with Gasteiger partial charge in [-0.25, -0.2) is 9.97 Å². The Morgan fingerprint density at radius 3 is 2.81 bits per heavy atom. The number of carbonyl (C=O) groups excluding carboxylic acids is 1. The number of hydrogen-bond donors (Lipinski definition) is 3. The fraction of sp³-hybridized carbons (Fsp3) is 0.316. The molecule has 0 radical (unpaired) electrons. The number of fused-ring (bicyclic) bond motifs is 1. The topological polar surface area (TPSA) is 99.9 Å². The fourth-order valence-corrected chi connectivity index (χ4v) is 3.58. The quantitative estimate of drug-likeness (QED) is 0.599. The summed E-state index contributed by atoms with van der Waals surface area (Å²) >= 11 is 5.78. The number of halogens is 1. The summed E-state index contributed by atoms with van der Waals surface area (Å²) in [4.78, 5) is 26.4. The van der Waals surface area contributed by atoms with Gasteiger partial charge in [0, 0.05) is 49.3 Å². The molecule has 0 aromatic carbocycles. The molecule has 0 atom stereocenters. The number of amides is 1. The van der Waals surface area contributed by atoms with Gasteiger partial charge in [-0.1, -0.05) is 17.7 Å². The van der Waals surface area contributed by atoms with Crippen molar-refractivity contribution in [2.24, 2.45) is 5.73 Å². The van der Waals surface area contributed by atoms with Gasteiger partial charge in [-0.15, -0.1) is 0 Å². The molecule has 0 saturated carbocycles. The first-order valence-corrected chi connectivity index (χ1v) is 9.28. The molecule has 1 aliphatic heterocycles. The van der Waals surface area contributed by atoms with Crippen LogP contribution in [0.5, 0.6) is 0 Å². The number of carbonyl (C=O) groups is 1. The largest absolute Gasteiger partial charge is 0.371 e. The normalized spacial score (nSPS) is 16.4. The van der Waals surface area contributed by atoms with Crippen molar-refractivity contribution in [2.75, 3.05) is 18.0 Å². The minimum atomic E-state index is -0.860. The lowest BCUT2D eigenvalue weighted by molar-refractivity contribution is -0.127. The molecule has 1 saturated heterocycles. The van der Waals surface area contributed by atoms with E-state index in [9.17, 15) is 4.79 Å². The predicted octanol–water partition coefficient (Wildman–Crippen LogP) is 2.23. The Bertz CT molecular complexity index is 946. The summed E-state index contributed by atoms with van der Waals surface area (Å²) < 4.78 is 0. The van der Waals surface area contributed by atoms with Crippen LogP contribution in [0.4, 0.5) is 5.69 Å². The summed E-state index contributed by atoms with van der Waals surface area (Å²) in [7, 11) is 0. The minimum Gasteiger partial charge on any atom is -0.371 e. The van der Waals surface area contributed by atoms with Crippen LogP contribution in [-0.4, -0.2) is 39.5 Å². The summed E-state index contributed by atoms with van der Waals surface area (Å²) in [5.74, 6) is -0.126. The molecule has 1 aliphatic rings. The van der Waals surface area contributed by atoms with E-state index in [0.717, 1.165) is 35.4 Å². The number of anilines is 1. The molecule has 4 rings (SSSR count). The molecule has 1 fully saturated rings. The standard InChI is InChI=1S/C19H21ClN6O/c20-16-2-1-13(11-24-16)12-25-18(27)19(21)5-9-26(10-6-19)15-4-8-23-17-14(15)3-7-22-17/h1-4,7-8,11H,5-6,9-10,12,21H2,(H,22,23)(H,25,27). The maximum absolute atomic E-state index is 12.7. The first-order valence-electron chi connectivity index (χ1n) is 8.90. The van der Waals surface area contributed by atoms with E-state index in [1.807, 2.05) is 24.4 Å². The zero-order valence-electron chi connectivity index (χ0n) is 14.8. The van der Waals surface area contributed by atoms with E-state index in [0.29, 0.717) is 24.5 Å². The zero-order valence-corrected chi connectivity index (χ0v) is 15.5. The lowest BCUT2D eigenvalue weighted by Crippen LogP contribution is -2.59. The van der Waals surface area contributed by atoms with E-state index in [4.69, 9.17) is 17.3 Å². The number of nitrogens with two attached hydrogens (primary N) is 1. The summed E-state index contributed by atoms with van der Waals surface area (Å²) in [6, 6.07) is 7.57. The number of aromatic nitrogens is 3. The van der Waals surface area contributed by atoms with E-state index in [1.54, 1.807) is 18.5 Å². The lowest BCUT2D eigenvalue weighted by Gasteiger charge is -2.39. The molecule has 0 spiro atoms. The first kappa shape index (κ1) is 17.8. The molecule has 4 N–H and O–H groups in total. The Morgan fingerprint density at radius 2 is 2.07 bits per heavy atom. The van der Waals surface area contributed by atoms with Crippen LogP contribution in [0.15, 0.2) is 42.9 Å². The van der Waals surface area contributed by atoms with Crippen LogP contribution in [0.2, 0.25) is 5.15 Å². The number of pyridine rings is 2. The molecule has 3 aromatic rings. The van der Waals surface area contributed by atoms with Crippen molar-refractivity contribution in [1.82, 2.24) is 20.3 Å². The van der Waals surface area contributed by atoms with Gasteiger partial charge in [-0.2, -0.15) is 0 Å². The highest BCUT2D eigenvalue weighted by atomic mass is 35.5. The highest BCUT2D eigenvalue weighted by Gasteiger charge is 2.37. The third kappa shape index (κ3) is 3.61. The Morgan fingerprint density at radius 1 is 1.26 bits per heavy atom. The van der Waals surface area contributed by atoms with Gasteiger partial charge in [-0.3, -0.25) is 4.79 Å². The minimum absolute atomic E-state index is 0.126. The molecular formula is C19H21ClN6O. The summed E-state index contributed by atoms with van der Waals surface area (Å²) in [6.45, 7) is 1.83.